The van der Waals surface area contributed by atoms with Crippen LogP contribution in [0.4, 0.5) is 0 Å². The van der Waals surface area contributed by atoms with Crippen LogP contribution in [0.3, 0.4) is 0 Å². The number of unbranched alkanes of at least 4 members (excludes halogenated alkanes) is 11. The van der Waals surface area contributed by atoms with Crippen LogP contribution in [0.2, 0.25) is 0 Å². The van der Waals surface area contributed by atoms with Crippen molar-refractivity contribution in [2.75, 3.05) is 0 Å². The number of nitro groups is 1. The van der Waals surface area contributed by atoms with E-state index in [4.69, 9.17) is 0 Å². The monoisotopic (exact) mass is 311 g/mol. The molecule has 0 radical (unpaired) electrons. The van der Waals surface area contributed by atoms with Crippen LogP contribution < -0.4 is 0 Å². The zero-order valence-electron chi connectivity index (χ0n) is 14.2. The number of allylic oxidation sites excluding steroid dienone is 2. The molecule has 22 heavy (non-hydrogen) atoms. The zero-order valence-corrected chi connectivity index (χ0v) is 14.2. The van der Waals surface area contributed by atoms with E-state index < -0.39 is 10.8 Å². The van der Waals surface area contributed by atoms with Gasteiger partial charge in [-0.3, -0.25) is 10.1 Å². The van der Waals surface area contributed by atoms with E-state index in [1.165, 1.54) is 64.2 Å². The first kappa shape index (κ1) is 20.8. The molecule has 128 valence electrons. The van der Waals surface area contributed by atoms with Crippen LogP contribution in [0.25, 0.3) is 0 Å². The highest BCUT2D eigenvalue weighted by molar-refractivity contribution is 5.66. The molecule has 0 aromatic rings. The second kappa shape index (κ2) is 16.2. The minimum Gasteiger partial charge on any atom is -0.256 e. The largest absolute Gasteiger partial charge is 0.444 e. The van der Waals surface area contributed by atoms with Gasteiger partial charge in [0.1, 0.15) is 4.92 Å². The number of hydrogen-bond acceptors (Lipinski definition) is 3. The first-order valence-electron chi connectivity index (χ1n) is 9.00. The molecule has 0 saturated heterocycles. The minimum atomic E-state index is -0.845. The van der Waals surface area contributed by atoms with E-state index in [9.17, 15) is 14.9 Å². The number of carbonyl (C=O) groups is 1. The Morgan fingerprint density at radius 2 is 1.27 bits per heavy atom. The molecule has 0 N–H and O–H groups in total. The van der Waals surface area contributed by atoms with Crippen molar-refractivity contribution in [3.8, 4) is 0 Å². The fraction of sp³-hybridized carbons (Fsp3) is 0.833. The van der Waals surface area contributed by atoms with Gasteiger partial charge in [0.05, 0.1) is 6.42 Å². The normalized spacial score (nSPS) is 11.1. The summed E-state index contributed by atoms with van der Waals surface area (Å²) < 4.78 is 0. The molecule has 0 unspecified atom stereocenters. The Bertz CT molecular complexity index is 313. The Kier molecular flexibility index (Phi) is 15.3. The lowest BCUT2D eigenvalue weighted by Crippen LogP contribution is -2.10. The van der Waals surface area contributed by atoms with Crippen LogP contribution in [0, 0.1) is 10.1 Å². The molecule has 0 fully saturated rings. The van der Waals surface area contributed by atoms with E-state index in [2.05, 4.69) is 19.1 Å². The summed E-state index contributed by atoms with van der Waals surface area (Å²) in [5, 5.41) is 10.1. The molecule has 0 aliphatic carbocycles. The van der Waals surface area contributed by atoms with Gasteiger partial charge in [0.15, 0.2) is 0 Å². The second-order valence-electron chi connectivity index (χ2n) is 5.99. The minimum absolute atomic E-state index is 0.0948. The van der Waals surface area contributed by atoms with Crippen LogP contribution in [0.15, 0.2) is 12.2 Å². The number of rotatable bonds is 15. The highest BCUT2D eigenvalue weighted by Gasteiger charge is 2.12. The number of nitrogens with zero attached hydrogens (tertiary/aromatic N) is 1. The summed E-state index contributed by atoms with van der Waals surface area (Å²) in [6.07, 6.45) is 20.1. The summed E-state index contributed by atoms with van der Waals surface area (Å²) in [7, 11) is 0. The topological polar surface area (TPSA) is 60.2 Å². The van der Waals surface area contributed by atoms with E-state index in [-0.39, 0.29) is 6.42 Å². The van der Waals surface area contributed by atoms with Crippen LogP contribution >= 0.6 is 0 Å². The maximum Gasteiger partial charge on any atom is 0.444 e. The van der Waals surface area contributed by atoms with Gasteiger partial charge in [-0.25, -0.2) is 4.79 Å². The summed E-state index contributed by atoms with van der Waals surface area (Å²) >= 11 is 0. The third kappa shape index (κ3) is 15.2. The molecule has 1 amide bonds. The maximum atomic E-state index is 10.8. The van der Waals surface area contributed by atoms with Crippen LogP contribution in [-0.2, 0) is 4.79 Å². The zero-order chi connectivity index (χ0) is 16.5. The average molecular weight is 311 g/mol. The van der Waals surface area contributed by atoms with Crippen molar-refractivity contribution in [1.29, 1.82) is 0 Å². The molecule has 0 aromatic carbocycles. The highest BCUT2D eigenvalue weighted by Crippen LogP contribution is 2.11. The summed E-state index contributed by atoms with van der Waals surface area (Å²) in [6.45, 7) is 2.23. The summed E-state index contributed by atoms with van der Waals surface area (Å²) in [4.78, 5) is 20.1. The van der Waals surface area contributed by atoms with Gasteiger partial charge in [0.25, 0.3) is 0 Å². The molecule has 0 bridgehead atoms. The van der Waals surface area contributed by atoms with Gasteiger partial charge in [-0.15, -0.1) is 0 Å². The van der Waals surface area contributed by atoms with Crippen molar-refractivity contribution in [1.82, 2.24) is 0 Å². The van der Waals surface area contributed by atoms with Crippen molar-refractivity contribution in [2.45, 2.75) is 96.8 Å². The van der Waals surface area contributed by atoms with Crippen molar-refractivity contribution >= 4 is 5.91 Å². The summed E-state index contributed by atoms with van der Waals surface area (Å²) in [6, 6.07) is 0. The maximum absolute atomic E-state index is 10.8. The lowest BCUT2D eigenvalue weighted by Gasteiger charge is -2.00. The molecule has 0 heterocycles. The first-order valence-corrected chi connectivity index (χ1v) is 9.00. The molecule has 4 heteroatoms. The Morgan fingerprint density at radius 1 is 0.818 bits per heavy atom. The molecule has 0 aliphatic rings. The summed E-state index contributed by atoms with van der Waals surface area (Å²) in [5.74, 6) is -0.845. The van der Waals surface area contributed by atoms with Crippen molar-refractivity contribution in [3.63, 3.8) is 0 Å². The van der Waals surface area contributed by atoms with Crippen LogP contribution in [0.5, 0.6) is 0 Å². The molecule has 0 aromatic heterocycles. The van der Waals surface area contributed by atoms with Gasteiger partial charge in [-0.1, -0.05) is 70.4 Å². The third-order valence-electron chi connectivity index (χ3n) is 3.86. The van der Waals surface area contributed by atoms with Gasteiger partial charge in [-0.05, 0) is 32.1 Å². The fourth-order valence-corrected chi connectivity index (χ4v) is 2.44. The Morgan fingerprint density at radius 3 is 1.77 bits per heavy atom. The number of amides is 1. The van der Waals surface area contributed by atoms with Crippen LogP contribution in [0.1, 0.15) is 96.8 Å². The molecule has 0 saturated carbocycles. The summed E-state index contributed by atoms with van der Waals surface area (Å²) in [5.41, 5.74) is 0. The fourth-order valence-electron chi connectivity index (χ4n) is 2.44. The lowest BCUT2D eigenvalue weighted by atomic mass is 10.1. The van der Waals surface area contributed by atoms with Crippen molar-refractivity contribution < 1.29 is 9.72 Å². The Hall–Kier alpha value is -1.19. The standard InChI is InChI=1S/C18H33NO3/c1-2-3-4-5-6-7-8-9-10-11-12-13-14-15-16-17-18(20)19(21)22/h6-7H,2-5,8-17H2,1H3. The third-order valence-corrected chi connectivity index (χ3v) is 3.86. The van der Waals surface area contributed by atoms with E-state index >= 15 is 0 Å². The van der Waals surface area contributed by atoms with Gasteiger partial charge >= 0.3 is 5.91 Å². The molecule has 0 aliphatic heterocycles. The van der Waals surface area contributed by atoms with Crippen LogP contribution in [-0.4, -0.2) is 10.8 Å². The van der Waals surface area contributed by atoms with E-state index in [1.807, 2.05) is 0 Å². The molecular weight excluding hydrogens is 278 g/mol. The molecular formula is C18H33NO3. The Labute approximate surface area is 135 Å². The Balaban J connectivity index is 3.14. The molecule has 4 nitrogen and oxygen atoms in total. The lowest BCUT2D eigenvalue weighted by molar-refractivity contribution is -0.402. The van der Waals surface area contributed by atoms with E-state index in [0.717, 1.165) is 12.8 Å². The molecule has 0 atom stereocenters. The van der Waals surface area contributed by atoms with E-state index in [0.29, 0.717) is 6.42 Å². The number of carbonyl (C=O) groups excluding carboxylic acids is 1. The number of hydrogen-bond donors (Lipinski definition) is 0. The van der Waals surface area contributed by atoms with Gasteiger partial charge in [0.2, 0.25) is 0 Å². The van der Waals surface area contributed by atoms with E-state index in [1.54, 1.807) is 0 Å². The smallest absolute Gasteiger partial charge is 0.256 e. The van der Waals surface area contributed by atoms with Crippen molar-refractivity contribution in [2.24, 2.45) is 0 Å². The second-order valence-corrected chi connectivity index (χ2v) is 5.99. The quantitative estimate of drug-likeness (QED) is 0.165. The predicted octanol–water partition coefficient (Wildman–Crippen LogP) is 5.83. The molecule has 0 rings (SSSR count). The molecule has 0 spiro atoms. The van der Waals surface area contributed by atoms with Gasteiger partial charge < -0.3 is 0 Å². The van der Waals surface area contributed by atoms with Crippen molar-refractivity contribution in [3.05, 3.63) is 22.3 Å². The predicted molar refractivity (Wildman–Crippen MR) is 91.5 cm³/mol. The highest BCUT2D eigenvalue weighted by atomic mass is 16.6. The average Bonchev–Trinajstić information content (AvgIpc) is 2.50. The first-order chi connectivity index (χ1) is 10.7. The van der Waals surface area contributed by atoms with Gasteiger partial charge in [0, 0.05) is 0 Å². The SMILES string of the molecule is CCCCCC=CCCCCCCCCCCC(=O)[N+](=O)[O-]. The van der Waals surface area contributed by atoms with Gasteiger partial charge in [-0.2, -0.15) is 0 Å².